The fourth-order valence-electron chi connectivity index (χ4n) is 0.507. The number of rotatable bonds is 2. The predicted molar refractivity (Wildman–Crippen MR) is 41.5 cm³/mol. The van der Waals surface area contributed by atoms with E-state index in [0.717, 1.165) is 0 Å². The summed E-state index contributed by atoms with van der Waals surface area (Å²) in [5.41, 5.74) is 0.0469. The molecule has 0 amide bonds. The van der Waals surface area contributed by atoms with Crippen molar-refractivity contribution in [3.63, 3.8) is 0 Å². The van der Waals surface area contributed by atoms with E-state index in [9.17, 15) is 13.0 Å². The Labute approximate surface area is 125 Å². The van der Waals surface area contributed by atoms with Crippen LogP contribution in [0.1, 0.15) is 11.0 Å². The summed E-state index contributed by atoms with van der Waals surface area (Å²) >= 11 is 0. The van der Waals surface area contributed by atoms with Crippen molar-refractivity contribution >= 4 is 10.4 Å². The van der Waals surface area contributed by atoms with Gasteiger partial charge in [-0.05, 0) is 19.0 Å². The molecule has 1 aromatic carbocycles. The van der Waals surface area contributed by atoms with Crippen molar-refractivity contribution in [3.8, 4) is 5.75 Å². The van der Waals surface area contributed by atoms with Gasteiger partial charge in [-0.25, -0.2) is 8.42 Å². The number of hydrogen-bond donors (Lipinski definition) is 0. The quantitative estimate of drug-likeness (QED) is 0.330. The topological polar surface area (TPSA) is 66.4 Å². The van der Waals surface area contributed by atoms with Crippen LogP contribution in [0.15, 0.2) is 24.2 Å². The molecule has 0 heterocycles. The van der Waals surface area contributed by atoms with E-state index >= 15 is 0 Å². The Morgan fingerprint density at radius 1 is 1.38 bits per heavy atom. The summed E-state index contributed by atoms with van der Waals surface area (Å²) in [7, 11) is -5.13. The summed E-state index contributed by atoms with van der Waals surface area (Å²) in [6, 6.07) is -2.28. The van der Waals surface area contributed by atoms with Crippen molar-refractivity contribution in [3.05, 3.63) is 29.7 Å². The number of hydrogen-bond acceptors (Lipinski definition) is 4. The van der Waals surface area contributed by atoms with Gasteiger partial charge in [-0.2, -0.15) is 0 Å². The van der Waals surface area contributed by atoms with Gasteiger partial charge in [0, 0.05) is 0 Å². The summed E-state index contributed by atoms with van der Waals surface area (Å²) in [5, 5.41) is 0. The second kappa shape index (κ2) is 5.45. The van der Waals surface area contributed by atoms with Crippen LogP contribution in [-0.4, -0.2) is 13.0 Å². The summed E-state index contributed by atoms with van der Waals surface area (Å²) in [6.07, 6.45) is 0. The van der Waals surface area contributed by atoms with Crippen LogP contribution < -0.4 is 55.6 Å². The van der Waals surface area contributed by atoms with Gasteiger partial charge in [0.05, 0.1) is 5.48 Å². The molecule has 0 radical (unpaired) electrons. The van der Waals surface area contributed by atoms with Crippen LogP contribution in [0.3, 0.4) is 0 Å². The molecule has 0 aliphatic heterocycles. The van der Waals surface area contributed by atoms with E-state index in [4.69, 9.17) is 5.48 Å². The van der Waals surface area contributed by atoms with Crippen molar-refractivity contribution in [1.29, 1.82) is 0 Å². The van der Waals surface area contributed by atoms with Crippen LogP contribution >= 0.6 is 0 Å². The molecule has 0 fully saturated rings. The first kappa shape index (κ1) is 7.81. The fourth-order valence-corrected chi connectivity index (χ4v) is 0.795. The molecule has 0 N–H and O–H groups in total. The molecule has 0 bridgehead atoms. The summed E-state index contributed by atoms with van der Waals surface area (Å²) in [5.74, 6) is -0.879. The van der Waals surface area contributed by atoms with Gasteiger partial charge < -0.3 is 8.74 Å². The zero-order chi connectivity index (χ0) is 12.7. The third-order valence-electron chi connectivity index (χ3n) is 0.912. The van der Waals surface area contributed by atoms with Crippen molar-refractivity contribution in [2.24, 2.45) is 0 Å². The Hall–Kier alpha value is 0.566. The molecular formula is C7H7KO4S. The molecule has 66 valence electrons. The molecule has 0 aromatic heterocycles. The van der Waals surface area contributed by atoms with E-state index in [1.807, 2.05) is 0 Å². The molecular weight excluding hydrogens is 219 g/mol. The maximum atomic E-state index is 10.3. The SMILES string of the molecule is [2H]c1c([2H])c(OS(=O)(=O)[O-])c([2H])c([2H])c1C.[K+]. The molecule has 0 aliphatic carbocycles. The number of benzene rings is 1. The van der Waals surface area contributed by atoms with E-state index in [1.54, 1.807) is 0 Å². The molecule has 0 spiro atoms. The van der Waals surface area contributed by atoms with Gasteiger partial charge in [-0.1, -0.05) is 17.6 Å². The normalized spacial score (nSPS) is 14.6. The first-order valence-electron chi connectivity index (χ1n) is 4.87. The predicted octanol–water partition coefficient (Wildman–Crippen LogP) is -2.16. The minimum atomic E-state index is -5.13. The van der Waals surface area contributed by atoms with Crippen molar-refractivity contribution in [2.45, 2.75) is 6.92 Å². The molecule has 1 aromatic rings. The van der Waals surface area contributed by atoms with Crippen LogP contribution in [0.4, 0.5) is 0 Å². The first-order valence-corrected chi connectivity index (χ1v) is 4.20. The van der Waals surface area contributed by atoms with E-state index < -0.39 is 40.3 Å². The molecule has 4 nitrogen and oxygen atoms in total. The third kappa shape index (κ3) is 5.79. The van der Waals surface area contributed by atoms with Crippen LogP contribution in [0.25, 0.3) is 0 Å². The largest absolute Gasteiger partial charge is 1.00 e. The molecule has 13 heavy (non-hydrogen) atoms. The molecule has 6 heteroatoms. The first-order chi connectivity index (χ1) is 7.15. The minimum Gasteiger partial charge on any atom is -0.716 e. The average molecular weight is 230 g/mol. The Morgan fingerprint density at radius 2 is 1.85 bits per heavy atom. The molecule has 0 saturated heterocycles. The zero-order valence-electron chi connectivity index (χ0n) is 11.0. The second-order valence-electron chi connectivity index (χ2n) is 1.95. The van der Waals surface area contributed by atoms with Crippen LogP contribution in [0.5, 0.6) is 5.75 Å². The Kier molecular flexibility index (Phi) is 3.27. The monoisotopic (exact) mass is 230 g/mol. The molecule has 0 saturated carbocycles. The van der Waals surface area contributed by atoms with Gasteiger partial charge in [0.25, 0.3) is 10.4 Å². The van der Waals surface area contributed by atoms with Crippen molar-refractivity contribution < 1.29 is 74.0 Å². The van der Waals surface area contributed by atoms with Gasteiger partial charge in [0.2, 0.25) is 0 Å². The van der Waals surface area contributed by atoms with Gasteiger partial charge in [-0.15, -0.1) is 0 Å². The third-order valence-corrected chi connectivity index (χ3v) is 1.28. The van der Waals surface area contributed by atoms with E-state index in [-0.39, 0.29) is 56.9 Å². The van der Waals surface area contributed by atoms with Gasteiger partial charge >= 0.3 is 51.4 Å². The summed E-state index contributed by atoms with van der Waals surface area (Å²) in [6.45, 7) is 1.34. The minimum absolute atomic E-state index is 0. The standard InChI is InChI=1S/C7H8O4S.K/c1-6-2-4-7(5-3-6)11-12(8,9)10;/h2-5H,1H3,(H,8,9,10);/q;+1/p-1/i2D,3D,4D,5D;. The Balaban J connectivity index is 0.00000256. The second-order valence-corrected chi connectivity index (χ2v) is 2.93. The van der Waals surface area contributed by atoms with E-state index in [2.05, 4.69) is 4.18 Å². The maximum Gasteiger partial charge on any atom is 1.00 e. The van der Waals surface area contributed by atoms with E-state index in [0.29, 0.717) is 0 Å². The van der Waals surface area contributed by atoms with Crippen molar-refractivity contribution in [2.75, 3.05) is 0 Å². The average Bonchev–Trinajstić information content (AvgIpc) is 2.17. The van der Waals surface area contributed by atoms with E-state index in [1.165, 1.54) is 6.92 Å². The molecule has 0 atom stereocenters. The van der Waals surface area contributed by atoms with Crippen LogP contribution in [0, 0.1) is 6.92 Å². The summed E-state index contributed by atoms with van der Waals surface area (Å²) in [4.78, 5) is 0. The molecule has 0 unspecified atom stereocenters. The van der Waals surface area contributed by atoms with Crippen LogP contribution in [-0.2, 0) is 10.4 Å². The zero-order valence-corrected chi connectivity index (χ0v) is 11.0. The Bertz CT molecular complexity index is 516. The summed E-state index contributed by atoms with van der Waals surface area (Å²) < 4.78 is 64.3. The van der Waals surface area contributed by atoms with Crippen molar-refractivity contribution in [1.82, 2.24) is 0 Å². The van der Waals surface area contributed by atoms with Gasteiger partial charge in [0.1, 0.15) is 5.75 Å². The maximum absolute atomic E-state index is 10.3. The van der Waals surface area contributed by atoms with Gasteiger partial charge in [-0.3, -0.25) is 0 Å². The Morgan fingerprint density at radius 3 is 2.23 bits per heavy atom. The van der Waals surface area contributed by atoms with Crippen LogP contribution in [0.2, 0.25) is 0 Å². The smallest absolute Gasteiger partial charge is 0.716 e. The molecule has 0 aliphatic rings. The van der Waals surface area contributed by atoms with Gasteiger partial charge in [0.15, 0.2) is 0 Å². The fraction of sp³-hybridized carbons (Fsp3) is 0.143. The molecule has 1 rings (SSSR count).